The quantitative estimate of drug-likeness (QED) is 0.782. The van der Waals surface area contributed by atoms with Crippen LogP contribution in [0.25, 0.3) is 0 Å². The van der Waals surface area contributed by atoms with Crippen LogP contribution >= 0.6 is 0 Å². The molecule has 4 heteroatoms. The molecule has 134 valence electrons. The lowest BCUT2D eigenvalue weighted by atomic mass is 9.86. The second-order valence-corrected chi connectivity index (χ2v) is 6.81. The van der Waals surface area contributed by atoms with Gasteiger partial charge in [0.15, 0.2) is 0 Å². The van der Waals surface area contributed by atoms with Crippen LogP contribution in [0.4, 0.5) is 0 Å². The van der Waals surface area contributed by atoms with Crippen molar-refractivity contribution in [2.45, 2.75) is 57.4 Å². The van der Waals surface area contributed by atoms with E-state index in [9.17, 15) is 9.90 Å². The van der Waals surface area contributed by atoms with Crippen molar-refractivity contribution in [1.82, 2.24) is 4.57 Å². The number of carbonyl (C=O) groups is 1. The average molecular weight is 341 g/mol. The Kier molecular flexibility index (Phi) is 5.79. The molecule has 0 bridgehead atoms. The molecular formula is C21H27NO3. The van der Waals surface area contributed by atoms with Crippen molar-refractivity contribution in [1.29, 1.82) is 0 Å². The minimum absolute atomic E-state index is 0.191. The lowest BCUT2D eigenvalue weighted by Gasteiger charge is -2.27. The Balaban J connectivity index is 1.87. The number of nitrogens with zero attached hydrogens (tertiary/aromatic N) is 1. The molecule has 1 atom stereocenters. The van der Waals surface area contributed by atoms with E-state index in [1.54, 1.807) is 12.1 Å². The van der Waals surface area contributed by atoms with Gasteiger partial charge in [-0.1, -0.05) is 31.4 Å². The summed E-state index contributed by atoms with van der Waals surface area (Å²) in [5, 5.41) is 9.49. The van der Waals surface area contributed by atoms with E-state index in [0.717, 1.165) is 5.56 Å². The zero-order valence-electron chi connectivity index (χ0n) is 14.9. The van der Waals surface area contributed by atoms with Gasteiger partial charge in [0.2, 0.25) is 0 Å². The van der Waals surface area contributed by atoms with E-state index < -0.39 is 0 Å². The van der Waals surface area contributed by atoms with E-state index in [4.69, 9.17) is 4.74 Å². The predicted octanol–water partition coefficient (Wildman–Crippen LogP) is 4.59. The van der Waals surface area contributed by atoms with Gasteiger partial charge in [-0.3, -0.25) is 0 Å². The summed E-state index contributed by atoms with van der Waals surface area (Å²) in [4.78, 5) is 12.7. The third-order valence-corrected chi connectivity index (χ3v) is 5.10. The average Bonchev–Trinajstić information content (AvgIpc) is 3.11. The van der Waals surface area contributed by atoms with Gasteiger partial charge in [0, 0.05) is 18.3 Å². The molecule has 2 aromatic rings. The van der Waals surface area contributed by atoms with Crippen LogP contribution < -0.4 is 0 Å². The molecule has 4 nitrogen and oxygen atoms in total. The van der Waals surface area contributed by atoms with Gasteiger partial charge in [0.05, 0.1) is 6.61 Å². The fourth-order valence-electron chi connectivity index (χ4n) is 3.82. The van der Waals surface area contributed by atoms with Crippen LogP contribution in [0.2, 0.25) is 0 Å². The van der Waals surface area contributed by atoms with Crippen molar-refractivity contribution in [3.05, 3.63) is 53.9 Å². The van der Waals surface area contributed by atoms with Gasteiger partial charge in [-0.15, -0.1) is 0 Å². The maximum Gasteiger partial charge on any atom is 0.329 e. The van der Waals surface area contributed by atoms with Gasteiger partial charge in [-0.2, -0.15) is 0 Å². The van der Waals surface area contributed by atoms with Crippen LogP contribution in [0.3, 0.4) is 0 Å². The van der Waals surface area contributed by atoms with E-state index in [1.165, 1.54) is 37.8 Å². The first-order chi connectivity index (χ1) is 12.2. The lowest BCUT2D eigenvalue weighted by Crippen LogP contribution is -2.26. The van der Waals surface area contributed by atoms with Crippen molar-refractivity contribution < 1.29 is 14.6 Å². The van der Waals surface area contributed by atoms with Crippen LogP contribution in [0.15, 0.2) is 42.6 Å². The number of phenolic OH excluding ortho intramolecular Hbond substituents is 1. The molecule has 0 unspecified atom stereocenters. The molecule has 25 heavy (non-hydrogen) atoms. The number of benzene rings is 1. The molecular weight excluding hydrogens is 314 g/mol. The van der Waals surface area contributed by atoms with Crippen molar-refractivity contribution >= 4 is 5.97 Å². The fourth-order valence-corrected chi connectivity index (χ4v) is 3.82. The minimum atomic E-state index is -0.364. The zero-order valence-corrected chi connectivity index (χ0v) is 14.9. The first-order valence-electron chi connectivity index (χ1n) is 9.30. The Morgan fingerprint density at radius 3 is 2.60 bits per heavy atom. The summed E-state index contributed by atoms with van der Waals surface area (Å²) in [6.45, 7) is 2.22. The molecule has 1 fully saturated rings. The lowest BCUT2D eigenvalue weighted by molar-refractivity contribution is -0.147. The van der Waals surface area contributed by atoms with Crippen LogP contribution in [0, 0.1) is 0 Å². The third kappa shape index (κ3) is 4.25. The molecule has 1 aliphatic carbocycles. The number of rotatable bonds is 6. The minimum Gasteiger partial charge on any atom is -0.508 e. The van der Waals surface area contributed by atoms with Crippen molar-refractivity contribution in [3.8, 4) is 5.75 Å². The van der Waals surface area contributed by atoms with Crippen LogP contribution in [0.1, 0.15) is 62.2 Å². The number of aromatic nitrogens is 1. The van der Waals surface area contributed by atoms with Gasteiger partial charge < -0.3 is 14.4 Å². The fraction of sp³-hybridized carbons (Fsp3) is 0.476. The van der Waals surface area contributed by atoms with E-state index in [1.807, 2.05) is 31.3 Å². The van der Waals surface area contributed by atoms with Crippen LogP contribution in [-0.4, -0.2) is 22.2 Å². The molecule has 3 rings (SSSR count). The molecule has 1 aromatic carbocycles. The number of hydrogen-bond acceptors (Lipinski definition) is 3. The molecule has 1 N–H and O–H groups in total. The highest BCUT2D eigenvalue weighted by Crippen LogP contribution is 2.34. The molecule has 0 aliphatic heterocycles. The summed E-state index contributed by atoms with van der Waals surface area (Å²) in [6.07, 6.45) is 8.79. The van der Waals surface area contributed by atoms with Gasteiger partial charge in [0.1, 0.15) is 11.8 Å². The number of ether oxygens (including phenoxy) is 1. The summed E-state index contributed by atoms with van der Waals surface area (Å²) in [6, 6.07) is 10.9. The second-order valence-electron chi connectivity index (χ2n) is 6.81. The molecule has 0 spiro atoms. The predicted molar refractivity (Wildman–Crippen MR) is 97.7 cm³/mol. The zero-order chi connectivity index (χ0) is 17.6. The largest absolute Gasteiger partial charge is 0.508 e. The van der Waals surface area contributed by atoms with E-state index in [0.29, 0.717) is 18.9 Å². The smallest absolute Gasteiger partial charge is 0.329 e. The number of carbonyl (C=O) groups excluding carboxylic acids is 1. The van der Waals surface area contributed by atoms with Crippen LogP contribution in [0.5, 0.6) is 5.75 Å². The molecule has 1 saturated carbocycles. The highest BCUT2D eigenvalue weighted by molar-refractivity contribution is 5.75. The third-order valence-electron chi connectivity index (χ3n) is 5.10. The summed E-state index contributed by atoms with van der Waals surface area (Å²) < 4.78 is 7.47. The molecule has 0 saturated heterocycles. The Morgan fingerprint density at radius 1 is 1.20 bits per heavy atom. The second kappa shape index (κ2) is 8.24. The molecule has 1 aliphatic rings. The van der Waals surface area contributed by atoms with Crippen LogP contribution in [-0.2, 0) is 16.0 Å². The Hall–Kier alpha value is -2.23. The van der Waals surface area contributed by atoms with Crippen molar-refractivity contribution in [3.63, 3.8) is 0 Å². The van der Waals surface area contributed by atoms with Crippen molar-refractivity contribution in [2.24, 2.45) is 0 Å². The van der Waals surface area contributed by atoms with E-state index >= 15 is 0 Å². The van der Waals surface area contributed by atoms with Gasteiger partial charge in [-0.05, 0) is 55.5 Å². The SMILES string of the molecule is CCOC(=O)[C@@H](Cc1ccc(O)cc1)n1cccc1C1CCCCC1. The highest BCUT2D eigenvalue weighted by Gasteiger charge is 2.27. The van der Waals surface area contributed by atoms with Crippen molar-refractivity contribution in [2.75, 3.05) is 6.61 Å². The van der Waals surface area contributed by atoms with E-state index in [-0.39, 0.29) is 17.8 Å². The molecule has 0 radical (unpaired) electrons. The Bertz CT molecular complexity index is 683. The summed E-state index contributed by atoms with van der Waals surface area (Å²) >= 11 is 0. The first-order valence-corrected chi connectivity index (χ1v) is 9.30. The van der Waals surface area contributed by atoms with Gasteiger partial charge in [-0.25, -0.2) is 4.79 Å². The number of phenols is 1. The normalized spacial score (nSPS) is 16.5. The van der Waals surface area contributed by atoms with E-state index in [2.05, 4.69) is 10.6 Å². The molecule has 1 aromatic heterocycles. The summed E-state index contributed by atoms with van der Waals surface area (Å²) in [5.74, 6) is 0.574. The summed E-state index contributed by atoms with van der Waals surface area (Å²) in [5.41, 5.74) is 2.26. The maximum atomic E-state index is 12.7. The molecule has 1 heterocycles. The molecule has 0 amide bonds. The maximum absolute atomic E-state index is 12.7. The van der Waals surface area contributed by atoms with Gasteiger partial charge in [0.25, 0.3) is 0 Å². The first kappa shape index (κ1) is 17.6. The highest BCUT2D eigenvalue weighted by atomic mass is 16.5. The van der Waals surface area contributed by atoms with Gasteiger partial charge >= 0.3 is 5.97 Å². The monoisotopic (exact) mass is 341 g/mol. The standard InChI is InChI=1S/C21H27NO3/c1-2-25-21(24)20(15-16-10-12-18(23)13-11-16)22-14-6-9-19(22)17-7-4-3-5-8-17/h6,9-14,17,20,23H,2-5,7-8,15H2,1H3/t20-/m1/s1. The summed E-state index contributed by atoms with van der Waals surface area (Å²) in [7, 11) is 0. The topological polar surface area (TPSA) is 51.5 Å². The Morgan fingerprint density at radius 2 is 1.92 bits per heavy atom. The Labute approximate surface area is 149 Å². The number of esters is 1. The number of aromatic hydroxyl groups is 1. The number of hydrogen-bond donors (Lipinski definition) is 1.